The maximum absolute atomic E-state index is 12.4. The number of carbonyl (C=O) groups is 3. The lowest BCUT2D eigenvalue weighted by Crippen LogP contribution is -2.51. The molecule has 10 nitrogen and oxygen atoms in total. The van der Waals surface area contributed by atoms with E-state index in [2.05, 4.69) is 5.32 Å². The summed E-state index contributed by atoms with van der Waals surface area (Å²) in [6, 6.07) is 4.16. The zero-order valence-electron chi connectivity index (χ0n) is 15.5. The highest BCUT2D eigenvalue weighted by atomic mass is 16.6. The average molecular weight is 393 g/mol. The Hall–Kier alpha value is -3.01. The van der Waals surface area contributed by atoms with Crippen LogP contribution in [0, 0.1) is 10.1 Å². The van der Waals surface area contributed by atoms with Crippen LogP contribution >= 0.6 is 0 Å². The predicted molar refractivity (Wildman–Crippen MR) is 97.2 cm³/mol. The first kappa shape index (κ1) is 21.3. The highest BCUT2D eigenvalue weighted by Gasteiger charge is 2.34. The molecule has 2 rings (SSSR count). The van der Waals surface area contributed by atoms with Gasteiger partial charge in [0.2, 0.25) is 11.8 Å². The molecule has 1 aromatic rings. The number of nitro groups is 1. The Bertz CT molecular complexity index is 729. The van der Waals surface area contributed by atoms with Gasteiger partial charge >= 0.3 is 5.97 Å². The van der Waals surface area contributed by atoms with Crippen LogP contribution in [0.3, 0.4) is 0 Å². The zero-order valence-corrected chi connectivity index (χ0v) is 15.5. The van der Waals surface area contributed by atoms with Crippen molar-refractivity contribution in [3.05, 3.63) is 39.9 Å². The number of ether oxygens (including phenoxy) is 2. The summed E-state index contributed by atoms with van der Waals surface area (Å²) >= 11 is 0. The molecule has 10 heteroatoms. The van der Waals surface area contributed by atoms with E-state index in [0.29, 0.717) is 18.6 Å². The Morgan fingerprint density at radius 1 is 1.36 bits per heavy atom. The number of rotatable bonds is 9. The van der Waals surface area contributed by atoms with E-state index in [1.165, 1.54) is 24.3 Å². The molecule has 0 saturated carbocycles. The van der Waals surface area contributed by atoms with Gasteiger partial charge in [0.15, 0.2) is 0 Å². The minimum Gasteiger partial charge on any atom is -0.466 e. The number of hydrogen-bond donors (Lipinski definition) is 2. The fraction of sp³-hybridized carbons (Fsp3) is 0.500. The Morgan fingerprint density at radius 2 is 2.04 bits per heavy atom. The monoisotopic (exact) mass is 393 g/mol. The first-order chi connectivity index (χ1) is 13.3. The predicted octanol–water partition coefficient (Wildman–Crippen LogP) is 0.781. The van der Waals surface area contributed by atoms with Crippen molar-refractivity contribution in [3.63, 3.8) is 0 Å². The molecule has 3 atom stereocenters. The van der Waals surface area contributed by atoms with Crippen LogP contribution in [-0.4, -0.2) is 48.1 Å². The highest BCUT2D eigenvalue weighted by molar-refractivity contribution is 5.90. The van der Waals surface area contributed by atoms with Crippen LogP contribution < -0.4 is 11.1 Å². The van der Waals surface area contributed by atoms with Crippen LogP contribution in [0.5, 0.6) is 0 Å². The van der Waals surface area contributed by atoms with Gasteiger partial charge in [-0.3, -0.25) is 24.5 Å². The van der Waals surface area contributed by atoms with Crippen molar-refractivity contribution >= 4 is 23.5 Å². The van der Waals surface area contributed by atoms with Crippen LogP contribution in [0.2, 0.25) is 0 Å². The molecule has 1 aromatic carbocycles. The molecule has 0 unspecified atom stereocenters. The van der Waals surface area contributed by atoms with Gasteiger partial charge in [-0.05, 0) is 25.3 Å². The molecule has 0 aliphatic carbocycles. The zero-order chi connectivity index (χ0) is 20.7. The van der Waals surface area contributed by atoms with E-state index in [9.17, 15) is 24.5 Å². The number of nitro benzene ring substituents is 1. The molecule has 152 valence electrons. The summed E-state index contributed by atoms with van der Waals surface area (Å²) in [5.41, 5.74) is 5.79. The van der Waals surface area contributed by atoms with Crippen molar-refractivity contribution in [2.75, 3.05) is 13.2 Å². The third-order valence-electron chi connectivity index (χ3n) is 4.45. The molecule has 2 amide bonds. The van der Waals surface area contributed by atoms with Crippen molar-refractivity contribution in [2.45, 2.75) is 44.2 Å². The molecule has 28 heavy (non-hydrogen) atoms. The Balaban J connectivity index is 2.29. The van der Waals surface area contributed by atoms with Crippen LogP contribution in [0.25, 0.3) is 0 Å². The third-order valence-corrected chi connectivity index (χ3v) is 4.45. The van der Waals surface area contributed by atoms with E-state index in [1.807, 2.05) is 0 Å². The van der Waals surface area contributed by atoms with Gasteiger partial charge in [0, 0.05) is 24.7 Å². The second-order valence-corrected chi connectivity index (χ2v) is 6.35. The Labute approximate surface area is 161 Å². The fourth-order valence-electron chi connectivity index (χ4n) is 3.07. The molecule has 0 spiro atoms. The third kappa shape index (κ3) is 5.49. The Kier molecular flexibility index (Phi) is 7.44. The molecular weight excluding hydrogens is 370 g/mol. The van der Waals surface area contributed by atoms with E-state index >= 15 is 0 Å². The van der Waals surface area contributed by atoms with Crippen LogP contribution in [-0.2, 0) is 23.9 Å². The summed E-state index contributed by atoms with van der Waals surface area (Å²) in [6.45, 7) is 2.24. The second kappa shape index (κ2) is 9.79. The number of esters is 1. The van der Waals surface area contributed by atoms with Gasteiger partial charge in [0.25, 0.3) is 5.69 Å². The fourth-order valence-corrected chi connectivity index (χ4v) is 3.07. The van der Waals surface area contributed by atoms with Crippen molar-refractivity contribution in [1.29, 1.82) is 0 Å². The quantitative estimate of drug-likeness (QED) is 0.357. The van der Waals surface area contributed by atoms with Crippen LogP contribution in [0.15, 0.2) is 24.3 Å². The lowest BCUT2D eigenvalue weighted by Gasteiger charge is -2.26. The molecule has 0 aromatic heterocycles. The van der Waals surface area contributed by atoms with Crippen LogP contribution in [0.1, 0.15) is 37.7 Å². The standard InChI is InChI=1S/C18H23N3O7/c1-2-27-15(22)10-13(11-5-7-12(8-6-11)21(25)26)16(17(19)23)20-18(24)14-4-3-9-28-14/h5-8,13-14,16H,2-4,9-10H2,1H3,(H2,19,23)(H,20,24)/t13-,14+,16-/m0/s1. The number of benzene rings is 1. The number of nitrogens with two attached hydrogens (primary N) is 1. The van der Waals surface area contributed by atoms with E-state index < -0.39 is 40.8 Å². The molecular formula is C18H23N3O7. The summed E-state index contributed by atoms with van der Waals surface area (Å²) in [5, 5.41) is 13.4. The summed E-state index contributed by atoms with van der Waals surface area (Å²) < 4.78 is 10.3. The van der Waals surface area contributed by atoms with Crippen molar-refractivity contribution in [3.8, 4) is 0 Å². The number of nitrogens with zero attached hydrogens (tertiary/aromatic N) is 1. The summed E-state index contributed by atoms with van der Waals surface area (Å²) in [4.78, 5) is 46.8. The molecule has 1 saturated heterocycles. The molecule has 1 aliphatic rings. The van der Waals surface area contributed by atoms with Gasteiger partial charge in [-0.15, -0.1) is 0 Å². The minimum atomic E-state index is -1.21. The number of primary amides is 1. The van der Waals surface area contributed by atoms with E-state index in [-0.39, 0.29) is 18.7 Å². The summed E-state index contributed by atoms with van der Waals surface area (Å²) in [5.74, 6) is -2.75. The number of carbonyl (C=O) groups excluding carboxylic acids is 3. The lowest BCUT2D eigenvalue weighted by molar-refractivity contribution is -0.384. The first-order valence-electron chi connectivity index (χ1n) is 8.94. The normalized spacial score (nSPS) is 18.1. The first-order valence-corrected chi connectivity index (χ1v) is 8.94. The molecule has 0 radical (unpaired) electrons. The van der Waals surface area contributed by atoms with Gasteiger partial charge in [0.05, 0.1) is 18.0 Å². The number of hydrogen-bond acceptors (Lipinski definition) is 7. The second-order valence-electron chi connectivity index (χ2n) is 6.35. The average Bonchev–Trinajstić information content (AvgIpc) is 3.19. The highest BCUT2D eigenvalue weighted by Crippen LogP contribution is 2.27. The molecule has 1 heterocycles. The van der Waals surface area contributed by atoms with Gasteiger partial charge in [0.1, 0.15) is 12.1 Å². The molecule has 0 bridgehead atoms. The lowest BCUT2D eigenvalue weighted by atomic mass is 9.87. The van der Waals surface area contributed by atoms with Gasteiger partial charge in [-0.25, -0.2) is 0 Å². The van der Waals surface area contributed by atoms with Crippen molar-refractivity contribution < 1.29 is 28.8 Å². The maximum Gasteiger partial charge on any atom is 0.306 e. The number of non-ortho nitro benzene ring substituents is 1. The smallest absolute Gasteiger partial charge is 0.306 e. The van der Waals surface area contributed by atoms with Gasteiger partial charge < -0.3 is 20.5 Å². The molecule has 1 aliphatic heterocycles. The Morgan fingerprint density at radius 3 is 2.54 bits per heavy atom. The van der Waals surface area contributed by atoms with Gasteiger partial charge in [-0.2, -0.15) is 0 Å². The minimum absolute atomic E-state index is 0.141. The maximum atomic E-state index is 12.4. The SMILES string of the molecule is CCOC(=O)C[C@@H](c1ccc([N+](=O)[O-])cc1)[C@H](NC(=O)[C@H]1CCCO1)C(N)=O. The topological polar surface area (TPSA) is 151 Å². The summed E-state index contributed by atoms with van der Waals surface area (Å²) in [6.07, 6.45) is 0.345. The van der Waals surface area contributed by atoms with Gasteiger partial charge in [-0.1, -0.05) is 12.1 Å². The van der Waals surface area contributed by atoms with E-state index in [4.69, 9.17) is 15.2 Å². The van der Waals surface area contributed by atoms with Crippen molar-refractivity contribution in [1.82, 2.24) is 5.32 Å². The van der Waals surface area contributed by atoms with E-state index in [0.717, 1.165) is 6.42 Å². The van der Waals surface area contributed by atoms with E-state index in [1.54, 1.807) is 6.92 Å². The summed E-state index contributed by atoms with van der Waals surface area (Å²) in [7, 11) is 0. The number of nitrogens with one attached hydrogen (secondary N) is 1. The van der Waals surface area contributed by atoms with Crippen LogP contribution in [0.4, 0.5) is 5.69 Å². The molecule has 1 fully saturated rings. The van der Waals surface area contributed by atoms with Crippen molar-refractivity contribution in [2.24, 2.45) is 5.73 Å². The number of amides is 2. The molecule has 3 N–H and O–H groups in total. The largest absolute Gasteiger partial charge is 0.466 e.